The normalized spacial score (nSPS) is 13.1. The van der Waals surface area contributed by atoms with E-state index in [2.05, 4.69) is 158 Å². The monoisotopic (exact) mass is 699 g/mol. The van der Waals surface area contributed by atoms with Gasteiger partial charge < -0.3 is 15.4 Å². The van der Waals surface area contributed by atoms with Gasteiger partial charge >= 0.3 is 0 Å². The molecular formula is C46H70N2O3. The summed E-state index contributed by atoms with van der Waals surface area (Å²) in [6.45, 7) is 6.14. The topological polar surface area (TPSA) is 67.4 Å². The highest BCUT2D eigenvalue weighted by Gasteiger charge is 2.01. The van der Waals surface area contributed by atoms with Crippen molar-refractivity contribution in [2.45, 2.75) is 117 Å². The van der Waals surface area contributed by atoms with Crippen LogP contribution >= 0.6 is 0 Å². The van der Waals surface area contributed by atoms with E-state index in [1.165, 1.54) is 0 Å². The first kappa shape index (κ1) is 47.0. The van der Waals surface area contributed by atoms with Gasteiger partial charge in [0.2, 0.25) is 11.8 Å². The maximum Gasteiger partial charge on any atom is 0.220 e. The van der Waals surface area contributed by atoms with E-state index in [0.717, 1.165) is 89.9 Å². The van der Waals surface area contributed by atoms with Gasteiger partial charge in [-0.1, -0.05) is 148 Å². The molecule has 0 aromatic heterocycles. The van der Waals surface area contributed by atoms with Crippen LogP contribution in [0.3, 0.4) is 0 Å². The molecule has 0 aliphatic rings. The minimum Gasteiger partial charge on any atom is -0.378 e. The summed E-state index contributed by atoms with van der Waals surface area (Å²) in [6.07, 6.45) is 62.3. The molecule has 0 aromatic rings. The molecule has 0 aromatic carbocycles. The van der Waals surface area contributed by atoms with E-state index in [-0.39, 0.29) is 11.8 Å². The zero-order valence-electron chi connectivity index (χ0n) is 32.1. The lowest BCUT2D eigenvalue weighted by Crippen LogP contribution is -2.29. The lowest BCUT2D eigenvalue weighted by atomic mass is 10.2. The number of carbonyl (C=O) groups excluding carboxylic acids is 2. The highest BCUT2D eigenvalue weighted by molar-refractivity contribution is 5.76. The number of amides is 2. The Hall–Kier alpha value is -3.96. The van der Waals surface area contributed by atoms with Crippen molar-refractivity contribution in [1.29, 1.82) is 0 Å². The maximum absolute atomic E-state index is 12.0. The van der Waals surface area contributed by atoms with Crippen molar-refractivity contribution in [3.63, 3.8) is 0 Å². The van der Waals surface area contributed by atoms with E-state index in [9.17, 15) is 9.59 Å². The third-order valence-corrected chi connectivity index (χ3v) is 7.20. The van der Waals surface area contributed by atoms with Gasteiger partial charge in [-0.25, -0.2) is 0 Å². The van der Waals surface area contributed by atoms with Crippen LogP contribution in [0.2, 0.25) is 0 Å². The number of allylic oxidation sites excluding steroid dienone is 22. The van der Waals surface area contributed by atoms with Crippen molar-refractivity contribution in [2.24, 2.45) is 0 Å². The molecule has 5 nitrogen and oxygen atoms in total. The van der Waals surface area contributed by atoms with Crippen molar-refractivity contribution in [3.05, 3.63) is 134 Å². The summed E-state index contributed by atoms with van der Waals surface area (Å²) in [6, 6.07) is 0. The van der Waals surface area contributed by atoms with Crippen molar-refractivity contribution in [3.8, 4) is 0 Å². The first-order valence-electron chi connectivity index (χ1n) is 19.5. The Bertz CT molecular complexity index is 1140. The van der Waals surface area contributed by atoms with Crippen molar-refractivity contribution >= 4 is 11.8 Å². The minimum absolute atomic E-state index is 0.0268. The largest absolute Gasteiger partial charge is 0.378 e. The first-order valence-corrected chi connectivity index (χ1v) is 19.5. The van der Waals surface area contributed by atoms with E-state index in [0.29, 0.717) is 39.1 Å². The maximum atomic E-state index is 12.0. The standard InChI is InChI=1S/C46H70N2O3/c1-3-5-7-9-11-13-15-17-19-21-22-24-26-28-30-32-34-36-38-40-46(50)48-42-44-51-43-41-47-45(49)39-37-35-33-31-29-27-25-23-20-18-16-14-12-10-8-6-4-2/h5-8,11-14,17-20,22,24-25,27-28,30-31,33-34,36H,3-4,9-10,15-16,21,23,26,29,32,35,37-44H2,1-2H3,(H,47,49)(H,48,50)/b7-5-,8-6-,13-11-,14-12-,19-17-,20-18-,24-22-,27-25-,30-28-,33-31-,36-34-. The van der Waals surface area contributed by atoms with E-state index in [1.54, 1.807) is 0 Å². The van der Waals surface area contributed by atoms with Crippen LogP contribution < -0.4 is 10.6 Å². The number of carbonyl (C=O) groups is 2. The predicted molar refractivity (Wildman–Crippen MR) is 223 cm³/mol. The summed E-state index contributed by atoms with van der Waals surface area (Å²) in [5.41, 5.74) is 0. The van der Waals surface area contributed by atoms with Gasteiger partial charge in [0.25, 0.3) is 0 Å². The second kappa shape index (κ2) is 42.2. The molecule has 0 aliphatic carbocycles. The molecule has 282 valence electrons. The quantitative estimate of drug-likeness (QED) is 0.0529. The Morgan fingerprint density at radius 1 is 0.392 bits per heavy atom. The van der Waals surface area contributed by atoms with Crippen LogP contribution in [0.25, 0.3) is 0 Å². The number of hydrogen-bond acceptors (Lipinski definition) is 3. The molecule has 0 aliphatic heterocycles. The second-order valence-corrected chi connectivity index (χ2v) is 11.9. The third-order valence-electron chi connectivity index (χ3n) is 7.20. The van der Waals surface area contributed by atoms with Gasteiger partial charge in [0.05, 0.1) is 13.2 Å². The molecule has 0 saturated heterocycles. The molecule has 0 saturated carbocycles. The minimum atomic E-state index is 0.0268. The fourth-order valence-corrected chi connectivity index (χ4v) is 4.41. The molecule has 0 heterocycles. The van der Waals surface area contributed by atoms with Gasteiger partial charge in [-0.15, -0.1) is 0 Å². The molecule has 0 spiro atoms. The van der Waals surface area contributed by atoms with Crippen LogP contribution in [0.15, 0.2) is 134 Å². The summed E-state index contributed by atoms with van der Waals surface area (Å²) in [7, 11) is 0. The number of nitrogens with one attached hydrogen (secondary N) is 2. The Morgan fingerprint density at radius 2 is 0.686 bits per heavy atom. The van der Waals surface area contributed by atoms with Crippen LogP contribution in [-0.4, -0.2) is 38.1 Å². The molecule has 2 N–H and O–H groups in total. The van der Waals surface area contributed by atoms with E-state index in [4.69, 9.17) is 4.74 Å². The van der Waals surface area contributed by atoms with E-state index < -0.39 is 0 Å². The van der Waals surface area contributed by atoms with Gasteiger partial charge in [0, 0.05) is 25.9 Å². The Morgan fingerprint density at radius 3 is 1.04 bits per heavy atom. The second-order valence-electron chi connectivity index (χ2n) is 11.9. The molecule has 0 unspecified atom stereocenters. The first-order chi connectivity index (χ1) is 25.2. The van der Waals surface area contributed by atoms with Crippen LogP contribution in [0.5, 0.6) is 0 Å². The van der Waals surface area contributed by atoms with Crippen LogP contribution in [0.1, 0.15) is 117 Å². The smallest absolute Gasteiger partial charge is 0.220 e. The van der Waals surface area contributed by atoms with Gasteiger partial charge in [-0.2, -0.15) is 0 Å². The fraction of sp³-hybridized carbons (Fsp3) is 0.478. The van der Waals surface area contributed by atoms with Crippen LogP contribution in [-0.2, 0) is 14.3 Å². The SMILES string of the molecule is CC/C=C\C/C=C\C/C=C\C/C=C\C/C=C\C/C=C\CCC(=O)NCCOCCNC(=O)CCC/C=C\C/C=C\C/C=C\C/C=C\C/C=C\CC. The van der Waals surface area contributed by atoms with Gasteiger partial charge in [0.1, 0.15) is 0 Å². The molecule has 0 atom stereocenters. The van der Waals surface area contributed by atoms with Crippen LogP contribution in [0, 0.1) is 0 Å². The van der Waals surface area contributed by atoms with E-state index >= 15 is 0 Å². The highest BCUT2D eigenvalue weighted by atomic mass is 16.5. The zero-order chi connectivity index (χ0) is 37.0. The lowest BCUT2D eigenvalue weighted by Gasteiger charge is -2.07. The molecule has 0 fully saturated rings. The Kier molecular flexibility index (Phi) is 38.9. The van der Waals surface area contributed by atoms with Gasteiger partial charge in [-0.05, 0) is 89.9 Å². The van der Waals surface area contributed by atoms with Crippen molar-refractivity contribution in [1.82, 2.24) is 10.6 Å². The lowest BCUT2D eigenvalue weighted by molar-refractivity contribution is -0.121. The number of rotatable bonds is 33. The van der Waals surface area contributed by atoms with Gasteiger partial charge in [0.15, 0.2) is 0 Å². The van der Waals surface area contributed by atoms with Gasteiger partial charge in [-0.3, -0.25) is 9.59 Å². The number of ether oxygens (including phenoxy) is 1. The zero-order valence-corrected chi connectivity index (χ0v) is 32.1. The predicted octanol–water partition coefficient (Wildman–Crippen LogP) is 11.6. The third kappa shape index (κ3) is 42.1. The summed E-state index contributed by atoms with van der Waals surface area (Å²) in [4.78, 5) is 24.0. The molecule has 0 bridgehead atoms. The molecule has 0 radical (unpaired) electrons. The van der Waals surface area contributed by atoms with Crippen LogP contribution in [0.4, 0.5) is 0 Å². The Labute approximate surface area is 312 Å². The number of hydrogen-bond donors (Lipinski definition) is 2. The molecule has 0 rings (SSSR count). The summed E-state index contributed by atoms with van der Waals surface area (Å²) < 4.78 is 5.53. The summed E-state index contributed by atoms with van der Waals surface area (Å²) in [5, 5.41) is 5.77. The average molecular weight is 699 g/mol. The summed E-state index contributed by atoms with van der Waals surface area (Å²) >= 11 is 0. The molecule has 5 heteroatoms. The fourth-order valence-electron chi connectivity index (χ4n) is 4.41. The molecule has 51 heavy (non-hydrogen) atoms. The van der Waals surface area contributed by atoms with Crippen molar-refractivity contribution in [2.75, 3.05) is 26.3 Å². The molecular weight excluding hydrogens is 629 g/mol. The number of unbranched alkanes of at least 4 members (excludes halogenated alkanes) is 1. The highest BCUT2D eigenvalue weighted by Crippen LogP contribution is 2.01. The van der Waals surface area contributed by atoms with Crippen molar-refractivity contribution < 1.29 is 14.3 Å². The Balaban J connectivity index is 3.57. The summed E-state index contributed by atoms with van der Waals surface area (Å²) in [5.74, 6) is 0.0765. The average Bonchev–Trinajstić information content (AvgIpc) is 3.13. The molecule has 2 amide bonds. The van der Waals surface area contributed by atoms with E-state index in [1.807, 2.05) is 0 Å².